The van der Waals surface area contributed by atoms with E-state index in [-0.39, 0.29) is 18.2 Å². The topological polar surface area (TPSA) is 49.4 Å². The van der Waals surface area contributed by atoms with Gasteiger partial charge in [0.05, 0.1) is 0 Å². The molecule has 5 rings (SSSR count). The first-order chi connectivity index (χ1) is 16.6. The van der Waals surface area contributed by atoms with Gasteiger partial charge in [0.15, 0.2) is 11.6 Å². The minimum absolute atomic E-state index is 0.114. The second-order valence-electron chi connectivity index (χ2n) is 10.2. The quantitative estimate of drug-likeness (QED) is 0.628. The van der Waals surface area contributed by atoms with E-state index in [0.717, 1.165) is 68.3 Å². The van der Waals surface area contributed by atoms with E-state index < -0.39 is 17.8 Å². The van der Waals surface area contributed by atoms with Crippen LogP contribution in [-0.4, -0.2) is 42.8 Å². The SMILES string of the molecule is O=C1C(c2cccc(C3(N4CCC4)CCCCC3=O)c2)CCCC1(NCCF)c1ccccc1. The number of carbonyl (C=O) groups is 2. The number of benzene rings is 2. The van der Waals surface area contributed by atoms with Crippen LogP contribution < -0.4 is 5.32 Å². The van der Waals surface area contributed by atoms with Gasteiger partial charge in [-0.05, 0) is 55.2 Å². The second-order valence-corrected chi connectivity index (χ2v) is 10.2. The van der Waals surface area contributed by atoms with Gasteiger partial charge in [0.25, 0.3) is 0 Å². The zero-order valence-corrected chi connectivity index (χ0v) is 19.9. The normalized spacial score (nSPS) is 30.2. The van der Waals surface area contributed by atoms with E-state index in [1.54, 1.807) is 0 Å². The molecule has 0 bridgehead atoms. The molecule has 5 heteroatoms. The molecule has 0 aromatic heterocycles. The first-order valence-corrected chi connectivity index (χ1v) is 12.9. The molecule has 3 fully saturated rings. The van der Waals surface area contributed by atoms with Gasteiger partial charge in [0.2, 0.25) is 0 Å². The van der Waals surface area contributed by atoms with Crippen molar-refractivity contribution in [3.63, 3.8) is 0 Å². The molecular weight excluding hydrogens is 427 g/mol. The number of likely N-dealkylation sites (tertiary alicyclic amines) is 1. The molecule has 1 saturated heterocycles. The van der Waals surface area contributed by atoms with Crippen molar-refractivity contribution in [2.24, 2.45) is 0 Å². The Hall–Kier alpha value is -2.37. The molecule has 3 unspecified atom stereocenters. The van der Waals surface area contributed by atoms with Crippen LogP contribution in [0.5, 0.6) is 0 Å². The highest BCUT2D eigenvalue weighted by atomic mass is 19.1. The Morgan fingerprint density at radius 2 is 1.71 bits per heavy atom. The smallest absolute Gasteiger partial charge is 0.164 e. The maximum absolute atomic E-state index is 14.1. The molecule has 34 heavy (non-hydrogen) atoms. The number of rotatable bonds is 7. The fraction of sp³-hybridized carbons (Fsp3) is 0.517. The van der Waals surface area contributed by atoms with Crippen LogP contribution in [0.2, 0.25) is 0 Å². The van der Waals surface area contributed by atoms with Crippen molar-refractivity contribution in [2.75, 3.05) is 26.3 Å². The Morgan fingerprint density at radius 3 is 2.41 bits per heavy atom. The molecule has 2 saturated carbocycles. The number of nitrogens with zero attached hydrogens (tertiary/aromatic N) is 1. The second kappa shape index (κ2) is 9.71. The maximum Gasteiger partial charge on any atom is 0.164 e. The minimum atomic E-state index is -0.873. The van der Waals surface area contributed by atoms with Gasteiger partial charge in [-0.15, -0.1) is 0 Å². The summed E-state index contributed by atoms with van der Waals surface area (Å²) in [5.41, 5.74) is 1.54. The zero-order chi connectivity index (χ0) is 23.6. The van der Waals surface area contributed by atoms with Gasteiger partial charge >= 0.3 is 0 Å². The minimum Gasteiger partial charge on any atom is -0.299 e. The highest BCUT2D eigenvalue weighted by Gasteiger charge is 2.49. The average molecular weight is 463 g/mol. The van der Waals surface area contributed by atoms with E-state index in [1.165, 1.54) is 0 Å². The summed E-state index contributed by atoms with van der Waals surface area (Å²) in [4.78, 5) is 29.8. The van der Waals surface area contributed by atoms with Gasteiger partial charge in [-0.1, -0.05) is 61.0 Å². The molecule has 3 aliphatic rings. The Kier molecular flexibility index (Phi) is 6.67. The summed E-state index contributed by atoms with van der Waals surface area (Å²) < 4.78 is 13.2. The van der Waals surface area contributed by atoms with E-state index in [0.29, 0.717) is 18.6 Å². The summed E-state index contributed by atoms with van der Waals surface area (Å²) in [7, 11) is 0. The number of alkyl halides is 1. The Labute approximate surface area is 201 Å². The van der Waals surface area contributed by atoms with Crippen LogP contribution in [0, 0.1) is 0 Å². The molecule has 1 N–H and O–H groups in total. The third kappa shape index (κ3) is 3.83. The molecule has 0 spiro atoms. The number of ketones is 2. The fourth-order valence-electron chi connectivity index (χ4n) is 6.53. The maximum atomic E-state index is 14.1. The molecule has 3 atom stereocenters. The summed E-state index contributed by atoms with van der Waals surface area (Å²) in [6.45, 7) is 1.56. The van der Waals surface area contributed by atoms with Crippen LogP contribution >= 0.6 is 0 Å². The predicted octanol–water partition coefficient (Wildman–Crippen LogP) is 5.02. The van der Waals surface area contributed by atoms with Crippen molar-refractivity contribution in [1.29, 1.82) is 0 Å². The predicted molar refractivity (Wildman–Crippen MR) is 131 cm³/mol. The van der Waals surface area contributed by atoms with Gasteiger partial charge in [-0.3, -0.25) is 19.8 Å². The lowest BCUT2D eigenvalue weighted by molar-refractivity contribution is -0.138. The van der Waals surface area contributed by atoms with Crippen LogP contribution in [0.3, 0.4) is 0 Å². The van der Waals surface area contributed by atoms with E-state index in [4.69, 9.17) is 0 Å². The lowest BCUT2D eigenvalue weighted by Crippen LogP contribution is -2.58. The average Bonchev–Trinajstić information content (AvgIpc) is 2.84. The molecule has 2 aliphatic carbocycles. The van der Waals surface area contributed by atoms with Gasteiger partial charge < -0.3 is 0 Å². The molecule has 2 aromatic carbocycles. The monoisotopic (exact) mass is 462 g/mol. The summed E-state index contributed by atoms with van der Waals surface area (Å²) in [6.07, 6.45) is 6.98. The molecule has 2 aromatic rings. The third-order valence-electron chi connectivity index (χ3n) is 8.39. The molecule has 0 radical (unpaired) electrons. The third-order valence-corrected chi connectivity index (χ3v) is 8.39. The van der Waals surface area contributed by atoms with Crippen molar-refractivity contribution in [3.8, 4) is 0 Å². The number of hydrogen-bond donors (Lipinski definition) is 1. The standard InChI is InChI=1S/C29H35FN2O2/c30-17-18-31-28(23-10-2-1-3-11-23)15-7-13-25(27(28)34)22-9-6-12-24(21-22)29(32-19-8-20-32)16-5-4-14-26(29)33/h1-3,6,9-12,21,25,31H,4-5,7-8,13-20H2. The van der Waals surface area contributed by atoms with Crippen molar-refractivity contribution in [1.82, 2.24) is 10.2 Å². The van der Waals surface area contributed by atoms with E-state index in [9.17, 15) is 14.0 Å². The highest BCUT2D eigenvalue weighted by molar-refractivity contribution is 5.96. The number of Topliss-reactive ketones (excluding diaryl/α,β-unsaturated/α-hetero) is 2. The molecule has 4 nitrogen and oxygen atoms in total. The number of nitrogens with one attached hydrogen (secondary N) is 1. The molecule has 180 valence electrons. The fourth-order valence-corrected chi connectivity index (χ4v) is 6.53. The zero-order valence-electron chi connectivity index (χ0n) is 19.9. The van der Waals surface area contributed by atoms with E-state index in [2.05, 4.69) is 22.3 Å². The summed E-state index contributed by atoms with van der Waals surface area (Å²) in [5, 5.41) is 3.29. The van der Waals surface area contributed by atoms with E-state index in [1.807, 2.05) is 42.5 Å². The van der Waals surface area contributed by atoms with Crippen LogP contribution in [0.15, 0.2) is 54.6 Å². The Balaban J connectivity index is 1.52. The molecule has 0 amide bonds. The number of hydrogen-bond acceptors (Lipinski definition) is 4. The number of carbonyl (C=O) groups excluding carboxylic acids is 2. The van der Waals surface area contributed by atoms with Gasteiger partial charge in [0.1, 0.15) is 17.8 Å². The van der Waals surface area contributed by atoms with Gasteiger partial charge in [-0.25, -0.2) is 4.39 Å². The first kappa shape index (κ1) is 23.4. The lowest BCUT2D eigenvalue weighted by Gasteiger charge is -2.50. The van der Waals surface area contributed by atoms with Gasteiger partial charge in [0, 0.05) is 32.0 Å². The van der Waals surface area contributed by atoms with Gasteiger partial charge in [-0.2, -0.15) is 0 Å². The number of halogens is 1. The Bertz CT molecular complexity index is 1040. The van der Waals surface area contributed by atoms with Crippen molar-refractivity contribution < 1.29 is 14.0 Å². The Morgan fingerprint density at radius 1 is 0.912 bits per heavy atom. The van der Waals surface area contributed by atoms with Crippen molar-refractivity contribution in [3.05, 3.63) is 71.3 Å². The highest BCUT2D eigenvalue weighted by Crippen LogP contribution is 2.45. The van der Waals surface area contributed by atoms with Crippen molar-refractivity contribution in [2.45, 2.75) is 68.4 Å². The van der Waals surface area contributed by atoms with Crippen LogP contribution in [0.4, 0.5) is 4.39 Å². The van der Waals surface area contributed by atoms with Crippen LogP contribution in [0.1, 0.15) is 74.0 Å². The van der Waals surface area contributed by atoms with Crippen LogP contribution in [-0.2, 0) is 20.7 Å². The lowest BCUT2D eigenvalue weighted by atomic mass is 9.67. The van der Waals surface area contributed by atoms with E-state index >= 15 is 0 Å². The first-order valence-electron chi connectivity index (χ1n) is 12.9. The summed E-state index contributed by atoms with van der Waals surface area (Å²) in [6, 6.07) is 18.1. The molecule has 1 heterocycles. The largest absolute Gasteiger partial charge is 0.299 e. The molecular formula is C29H35FN2O2. The molecule has 1 aliphatic heterocycles. The van der Waals surface area contributed by atoms with Crippen molar-refractivity contribution >= 4 is 11.6 Å². The van der Waals surface area contributed by atoms with Crippen LogP contribution in [0.25, 0.3) is 0 Å². The summed E-state index contributed by atoms with van der Waals surface area (Å²) >= 11 is 0. The summed E-state index contributed by atoms with van der Waals surface area (Å²) in [5.74, 6) is 0.172.